The number of nitrogens with one attached hydrogen (secondary N) is 1. The van der Waals surface area contributed by atoms with Gasteiger partial charge >= 0.3 is 12.6 Å². The molecule has 2 amide bonds. The number of para-hydroxylation sites is 1. The van der Waals surface area contributed by atoms with Gasteiger partial charge in [0.2, 0.25) is 0 Å². The summed E-state index contributed by atoms with van der Waals surface area (Å²) < 4.78 is 33.7. The van der Waals surface area contributed by atoms with Crippen LogP contribution in [0.25, 0.3) is 0 Å². The van der Waals surface area contributed by atoms with Crippen LogP contribution in [0.3, 0.4) is 0 Å². The quantitative estimate of drug-likeness (QED) is 0.617. The summed E-state index contributed by atoms with van der Waals surface area (Å²) >= 11 is 0. The number of alkyl halides is 2. The van der Waals surface area contributed by atoms with Crippen LogP contribution in [0.5, 0.6) is 11.5 Å². The van der Waals surface area contributed by atoms with Crippen LogP contribution >= 0.6 is 0 Å². The average molecular weight is 259 g/mol. The maximum absolute atomic E-state index is 12.3. The van der Waals surface area contributed by atoms with Crippen molar-refractivity contribution in [3.63, 3.8) is 0 Å². The van der Waals surface area contributed by atoms with E-state index in [1.54, 1.807) is 6.07 Å². The van der Waals surface area contributed by atoms with Gasteiger partial charge in [0, 0.05) is 5.56 Å². The van der Waals surface area contributed by atoms with Crippen molar-refractivity contribution in [1.82, 2.24) is 5.43 Å². The molecule has 0 aliphatic rings. The molecule has 0 unspecified atom stereocenters. The van der Waals surface area contributed by atoms with E-state index in [1.807, 2.05) is 5.43 Å². The first-order valence-electron chi connectivity index (χ1n) is 4.75. The van der Waals surface area contributed by atoms with E-state index in [2.05, 4.69) is 9.84 Å². The third-order valence-electron chi connectivity index (χ3n) is 1.81. The summed E-state index contributed by atoms with van der Waals surface area (Å²) in [5.74, 6) is -0.0525. The summed E-state index contributed by atoms with van der Waals surface area (Å²) in [7, 11) is 1.32. The molecule has 0 heterocycles. The molecular weight excluding hydrogens is 248 g/mol. The maximum atomic E-state index is 12.3. The van der Waals surface area contributed by atoms with Crippen molar-refractivity contribution < 1.29 is 23.0 Å². The topological polar surface area (TPSA) is 85.9 Å². The Kier molecular flexibility index (Phi) is 4.85. The Morgan fingerprint density at radius 1 is 1.56 bits per heavy atom. The fourth-order valence-electron chi connectivity index (χ4n) is 1.18. The number of rotatable bonds is 5. The number of methoxy groups -OCH3 is 1. The van der Waals surface area contributed by atoms with Gasteiger partial charge < -0.3 is 15.2 Å². The first-order chi connectivity index (χ1) is 8.54. The molecule has 18 heavy (non-hydrogen) atoms. The predicted molar refractivity (Wildman–Crippen MR) is 59.9 cm³/mol. The van der Waals surface area contributed by atoms with Crippen LogP contribution in [0.1, 0.15) is 5.56 Å². The molecule has 1 rings (SSSR count). The van der Waals surface area contributed by atoms with Crippen LogP contribution < -0.4 is 20.6 Å². The smallest absolute Gasteiger partial charge is 0.387 e. The van der Waals surface area contributed by atoms with Gasteiger partial charge in [-0.15, -0.1) is 0 Å². The summed E-state index contributed by atoms with van der Waals surface area (Å²) in [6.45, 7) is -3.00. The fraction of sp³-hybridized carbons (Fsp3) is 0.200. The molecule has 0 aliphatic carbocycles. The molecule has 0 aliphatic heterocycles. The minimum Gasteiger partial charge on any atom is -0.493 e. The zero-order chi connectivity index (χ0) is 13.5. The monoisotopic (exact) mass is 259 g/mol. The molecule has 0 saturated carbocycles. The number of carbonyl (C=O) groups is 1. The van der Waals surface area contributed by atoms with Gasteiger partial charge in [-0.05, 0) is 12.1 Å². The molecule has 98 valence electrons. The molecule has 0 aromatic heterocycles. The molecule has 6 nitrogen and oxygen atoms in total. The lowest BCUT2D eigenvalue weighted by Crippen LogP contribution is -2.24. The van der Waals surface area contributed by atoms with Crippen molar-refractivity contribution in [1.29, 1.82) is 0 Å². The highest BCUT2D eigenvalue weighted by Crippen LogP contribution is 2.31. The molecule has 3 N–H and O–H groups in total. The zero-order valence-electron chi connectivity index (χ0n) is 9.39. The zero-order valence-corrected chi connectivity index (χ0v) is 9.39. The van der Waals surface area contributed by atoms with Gasteiger partial charge in [-0.3, -0.25) is 0 Å². The minimum absolute atomic E-state index is 0.123. The largest absolute Gasteiger partial charge is 0.493 e. The second-order valence-corrected chi connectivity index (χ2v) is 2.99. The summed E-state index contributed by atoms with van der Waals surface area (Å²) in [5.41, 5.74) is 6.94. The first kappa shape index (κ1) is 13.7. The van der Waals surface area contributed by atoms with Gasteiger partial charge in [-0.25, -0.2) is 10.2 Å². The Hall–Kier alpha value is -2.38. The van der Waals surface area contributed by atoms with Crippen LogP contribution in [0.2, 0.25) is 0 Å². The van der Waals surface area contributed by atoms with Crippen molar-refractivity contribution in [3.8, 4) is 11.5 Å². The molecule has 1 aromatic rings. The standard InChI is InChI=1S/C10H11F2N3O3/c1-17-7-4-2-3-6(5-14-15-10(13)16)8(7)18-9(11)12/h2-5,9H,1H3,(H3,13,15,16). The maximum Gasteiger partial charge on any atom is 0.387 e. The minimum atomic E-state index is -3.00. The lowest BCUT2D eigenvalue weighted by atomic mass is 10.2. The number of hydrogen-bond donors (Lipinski definition) is 2. The molecule has 0 atom stereocenters. The number of primary amides is 1. The summed E-state index contributed by atoms with van der Waals surface area (Å²) in [6, 6.07) is 3.61. The Morgan fingerprint density at radius 3 is 2.83 bits per heavy atom. The normalized spacial score (nSPS) is 10.7. The predicted octanol–water partition coefficient (Wildman–Crippen LogP) is 1.30. The third kappa shape index (κ3) is 3.89. The van der Waals surface area contributed by atoms with Crippen LogP contribution in [-0.2, 0) is 0 Å². The average Bonchev–Trinajstić information content (AvgIpc) is 2.30. The fourth-order valence-corrected chi connectivity index (χ4v) is 1.18. The molecule has 8 heteroatoms. The first-order valence-corrected chi connectivity index (χ1v) is 4.75. The van der Waals surface area contributed by atoms with Crippen molar-refractivity contribution >= 4 is 12.2 Å². The van der Waals surface area contributed by atoms with Gasteiger partial charge in [0.05, 0.1) is 13.3 Å². The van der Waals surface area contributed by atoms with Crippen LogP contribution in [0.15, 0.2) is 23.3 Å². The molecule has 1 aromatic carbocycles. The van der Waals surface area contributed by atoms with Crippen molar-refractivity contribution in [3.05, 3.63) is 23.8 Å². The number of hydrazone groups is 1. The van der Waals surface area contributed by atoms with E-state index in [0.29, 0.717) is 0 Å². The Balaban J connectivity index is 3.01. The number of carbonyl (C=O) groups excluding carboxylic acids is 1. The van der Waals surface area contributed by atoms with E-state index in [-0.39, 0.29) is 17.1 Å². The van der Waals surface area contributed by atoms with E-state index in [0.717, 1.165) is 6.21 Å². The van der Waals surface area contributed by atoms with Crippen molar-refractivity contribution in [2.24, 2.45) is 10.8 Å². The van der Waals surface area contributed by atoms with E-state index in [4.69, 9.17) is 10.5 Å². The molecular formula is C10H11F2N3O3. The highest BCUT2D eigenvalue weighted by Gasteiger charge is 2.14. The molecule has 0 spiro atoms. The van der Waals surface area contributed by atoms with Crippen molar-refractivity contribution in [2.45, 2.75) is 6.61 Å². The summed E-state index contributed by atoms with van der Waals surface area (Å²) in [5, 5.41) is 3.45. The van der Waals surface area contributed by atoms with Gasteiger partial charge in [-0.1, -0.05) is 6.07 Å². The number of halogens is 2. The van der Waals surface area contributed by atoms with Crippen molar-refractivity contribution in [2.75, 3.05) is 7.11 Å². The number of nitrogens with zero attached hydrogens (tertiary/aromatic N) is 1. The second kappa shape index (κ2) is 6.38. The Morgan fingerprint density at radius 2 is 2.28 bits per heavy atom. The number of nitrogens with two attached hydrogens (primary N) is 1. The van der Waals surface area contributed by atoms with E-state index in [9.17, 15) is 13.6 Å². The highest BCUT2D eigenvalue weighted by atomic mass is 19.3. The van der Waals surface area contributed by atoms with E-state index < -0.39 is 12.6 Å². The molecule has 0 saturated heterocycles. The van der Waals surface area contributed by atoms with Gasteiger partial charge in [0.1, 0.15) is 0 Å². The van der Waals surface area contributed by atoms with Crippen LogP contribution in [-0.4, -0.2) is 26.0 Å². The lowest BCUT2D eigenvalue weighted by Gasteiger charge is -2.11. The van der Waals surface area contributed by atoms with E-state index >= 15 is 0 Å². The molecule has 0 fully saturated rings. The number of benzene rings is 1. The second-order valence-electron chi connectivity index (χ2n) is 2.99. The highest BCUT2D eigenvalue weighted by molar-refractivity contribution is 5.86. The Labute approximate surface area is 101 Å². The number of ether oxygens (including phenoxy) is 2. The van der Waals surface area contributed by atoms with Crippen LogP contribution in [0, 0.1) is 0 Å². The summed E-state index contributed by atoms with van der Waals surface area (Å²) in [6.07, 6.45) is 1.12. The molecule has 0 radical (unpaired) electrons. The molecule has 0 bridgehead atoms. The Bertz CT molecular complexity index is 452. The van der Waals surface area contributed by atoms with E-state index in [1.165, 1.54) is 19.2 Å². The van der Waals surface area contributed by atoms with Gasteiger partial charge in [0.25, 0.3) is 0 Å². The number of amides is 2. The SMILES string of the molecule is COc1cccc(C=NNC(N)=O)c1OC(F)F. The van der Waals surface area contributed by atoms with Crippen LogP contribution in [0.4, 0.5) is 13.6 Å². The summed E-state index contributed by atoms with van der Waals surface area (Å²) in [4.78, 5) is 10.4. The van der Waals surface area contributed by atoms with Gasteiger partial charge in [0.15, 0.2) is 11.5 Å². The lowest BCUT2D eigenvalue weighted by molar-refractivity contribution is -0.0513. The number of hydrogen-bond acceptors (Lipinski definition) is 4. The van der Waals surface area contributed by atoms with Gasteiger partial charge in [-0.2, -0.15) is 13.9 Å². The third-order valence-corrected chi connectivity index (χ3v) is 1.81. The number of urea groups is 1.